The van der Waals surface area contributed by atoms with E-state index in [0.717, 1.165) is 0 Å². The fourth-order valence-electron chi connectivity index (χ4n) is 1.34. The van der Waals surface area contributed by atoms with Gasteiger partial charge in [0, 0.05) is 7.05 Å². The van der Waals surface area contributed by atoms with Crippen molar-refractivity contribution in [3.05, 3.63) is 11.4 Å². The molecule has 0 fully saturated rings. The third-order valence-corrected chi connectivity index (χ3v) is 2.54. The molecule has 0 aliphatic carbocycles. The van der Waals surface area contributed by atoms with Gasteiger partial charge in [-0.05, 0) is 12.8 Å². The van der Waals surface area contributed by atoms with Gasteiger partial charge in [0.25, 0.3) is 5.91 Å². The first kappa shape index (κ1) is 13.1. The predicted octanol–water partition coefficient (Wildman–Crippen LogP) is -0.0375. The van der Waals surface area contributed by atoms with Crippen molar-refractivity contribution in [3.63, 3.8) is 0 Å². The molecule has 1 aromatic heterocycles. The molecule has 7 nitrogen and oxygen atoms in total. The van der Waals surface area contributed by atoms with Gasteiger partial charge in [0.05, 0.1) is 5.69 Å². The molecule has 0 saturated carbocycles. The molecule has 0 aliphatic rings. The smallest absolute Gasteiger partial charge is 0.326 e. The summed E-state index contributed by atoms with van der Waals surface area (Å²) in [5.74, 6) is -1.78. The number of nitrogens with zero attached hydrogens (tertiary/aromatic N) is 3. The zero-order chi connectivity index (χ0) is 13.2. The Kier molecular flexibility index (Phi) is 3.82. The highest BCUT2D eigenvalue weighted by molar-refractivity contribution is 5.95. The lowest BCUT2D eigenvalue weighted by Gasteiger charge is -2.17. The summed E-state index contributed by atoms with van der Waals surface area (Å²) in [4.78, 5) is 22.7. The van der Waals surface area contributed by atoms with Gasteiger partial charge >= 0.3 is 5.97 Å². The van der Waals surface area contributed by atoms with Gasteiger partial charge in [-0.2, -0.15) is 0 Å². The van der Waals surface area contributed by atoms with E-state index in [1.807, 2.05) is 0 Å². The van der Waals surface area contributed by atoms with Crippen LogP contribution in [0.4, 0.5) is 0 Å². The maximum atomic E-state index is 11.8. The molecule has 1 amide bonds. The van der Waals surface area contributed by atoms with Crippen molar-refractivity contribution in [1.82, 2.24) is 20.3 Å². The maximum absolute atomic E-state index is 11.8. The van der Waals surface area contributed by atoms with E-state index in [4.69, 9.17) is 5.11 Å². The van der Waals surface area contributed by atoms with Crippen LogP contribution < -0.4 is 5.32 Å². The summed E-state index contributed by atoms with van der Waals surface area (Å²) in [6.45, 7) is 5.14. The lowest BCUT2D eigenvalue weighted by molar-refractivity contribution is -0.140. The van der Waals surface area contributed by atoms with Crippen molar-refractivity contribution in [2.75, 3.05) is 0 Å². The second-order valence-electron chi connectivity index (χ2n) is 4.18. The summed E-state index contributed by atoms with van der Waals surface area (Å²) in [5, 5.41) is 18.8. The molecule has 94 valence electrons. The number of aryl methyl sites for hydroxylation is 1. The molecule has 0 spiro atoms. The second kappa shape index (κ2) is 4.94. The number of aliphatic carboxylic acids is 1. The fourth-order valence-corrected chi connectivity index (χ4v) is 1.34. The lowest BCUT2D eigenvalue weighted by atomic mass is 10.0. The van der Waals surface area contributed by atoms with Crippen LogP contribution in [0.3, 0.4) is 0 Å². The van der Waals surface area contributed by atoms with Crippen molar-refractivity contribution < 1.29 is 14.7 Å². The second-order valence-corrected chi connectivity index (χ2v) is 4.18. The molecule has 0 aromatic carbocycles. The van der Waals surface area contributed by atoms with E-state index in [-0.39, 0.29) is 11.6 Å². The van der Waals surface area contributed by atoms with Gasteiger partial charge in [-0.1, -0.05) is 19.1 Å². The number of hydrogen-bond acceptors (Lipinski definition) is 4. The number of carboxylic acid groups (broad SMARTS) is 1. The van der Waals surface area contributed by atoms with Crippen LogP contribution in [0, 0.1) is 12.8 Å². The van der Waals surface area contributed by atoms with E-state index < -0.39 is 17.9 Å². The quantitative estimate of drug-likeness (QED) is 0.769. The standard InChI is InChI=1S/C10H16N4O3/c1-5(2)7(10(16)17)11-9(15)8-6(3)14(4)13-12-8/h5,7H,1-4H3,(H,11,15)(H,16,17)/t7-/m1/s1. The van der Waals surface area contributed by atoms with Crippen LogP contribution >= 0.6 is 0 Å². The third kappa shape index (κ3) is 2.80. The average Bonchev–Trinajstić information content (AvgIpc) is 2.55. The highest BCUT2D eigenvalue weighted by Crippen LogP contribution is 2.06. The van der Waals surface area contributed by atoms with Crippen molar-refractivity contribution in [2.45, 2.75) is 26.8 Å². The molecule has 1 rings (SSSR count). The molecule has 0 radical (unpaired) electrons. The van der Waals surface area contributed by atoms with E-state index in [0.29, 0.717) is 5.69 Å². The zero-order valence-corrected chi connectivity index (χ0v) is 10.3. The minimum absolute atomic E-state index is 0.152. The number of rotatable bonds is 4. The Morgan fingerprint density at radius 3 is 2.35 bits per heavy atom. The van der Waals surface area contributed by atoms with E-state index in [2.05, 4.69) is 15.6 Å². The van der Waals surface area contributed by atoms with E-state index in [1.165, 1.54) is 4.68 Å². The number of carbonyl (C=O) groups is 2. The summed E-state index contributed by atoms with van der Waals surface area (Å²) in [5.41, 5.74) is 0.745. The average molecular weight is 240 g/mol. The molecule has 1 heterocycles. The van der Waals surface area contributed by atoms with Gasteiger partial charge in [0.1, 0.15) is 6.04 Å². The Labute approximate surface area is 98.8 Å². The number of nitrogens with one attached hydrogen (secondary N) is 1. The monoisotopic (exact) mass is 240 g/mol. The van der Waals surface area contributed by atoms with Gasteiger partial charge in [-0.3, -0.25) is 9.48 Å². The number of amides is 1. The minimum Gasteiger partial charge on any atom is -0.480 e. The van der Waals surface area contributed by atoms with Crippen molar-refractivity contribution in [1.29, 1.82) is 0 Å². The molecule has 0 unspecified atom stereocenters. The number of aromatic nitrogens is 3. The van der Waals surface area contributed by atoms with Gasteiger partial charge < -0.3 is 10.4 Å². The first-order valence-electron chi connectivity index (χ1n) is 5.24. The Hall–Kier alpha value is -1.92. The van der Waals surface area contributed by atoms with Crippen LogP contribution in [0.2, 0.25) is 0 Å². The Bertz CT molecular complexity index is 439. The number of hydrogen-bond donors (Lipinski definition) is 2. The first-order chi connectivity index (χ1) is 7.84. The topological polar surface area (TPSA) is 97.1 Å². The predicted molar refractivity (Wildman–Crippen MR) is 59.5 cm³/mol. The molecular weight excluding hydrogens is 224 g/mol. The Morgan fingerprint density at radius 2 is 2.00 bits per heavy atom. The van der Waals surface area contributed by atoms with Crippen LogP contribution in [-0.4, -0.2) is 38.0 Å². The molecule has 0 bridgehead atoms. The maximum Gasteiger partial charge on any atom is 0.326 e. The van der Waals surface area contributed by atoms with Gasteiger partial charge in [-0.25, -0.2) is 4.79 Å². The van der Waals surface area contributed by atoms with Crippen LogP contribution in [0.5, 0.6) is 0 Å². The van der Waals surface area contributed by atoms with E-state index >= 15 is 0 Å². The molecule has 1 atom stereocenters. The van der Waals surface area contributed by atoms with Crippen molar-refractivity contribution in [2.24, 2.45) is 13.0 Å². The molecule has 7 heteroatoms. The third-order valence-electron chi connectivity index (χ3n) is 2.54. The normalized spacial score (nSPS) is 12.5. The highest BCUT2D eigenvalue weighted by Gasteiger charge is 2.26. The van der Waals surface area contributed by atoms with Crippen LogP contribution in [0.25, 0.3) is 0 Å². The van der Waals surface area contributed by atoms with Crippen LogP contribution in [0.1, 0.15) is 30.0 Å². The molecule has 17 heavy (non-hydrogen) atoms. The zero-order valence-electron chi connectivity index (χ0n) is 10.3. The molecule has 2 N–H and O–H groups in total. The fraction of sp³-hybridized carbons (Fsp3) is 0.600. The van der Waals surface area contributed by atoms with Gasteiger partial charge in [0.2, 0.25) is 0 Å². The van der Waals surface area contributed by atoms with Crippen LogP contribution in [-0.2, 0) is 11.8 Å². The Balaban J connectivity index is 2.85. The van der Waals surface area contributed by atoms with Gasteiger partial charge in [-0.15, -0.1) is 5.10 Å². The van der Waals surface area contributed by atoms with Crippen molar-refractivity contribution >= 4 is 11.9 Å². The summed E-state index contributed by atoms with van der Waals surface area (Å²) >= 11 is 0. The molecule has 0 aliphatic heterocycles. The molecular formula is C10H16N4O3. The van der Waals surface area contributed by atoms with E-state index in [1.54, 1.807) is 27.8 Å². The van der Waals surface area contributed by atoms with Crippen molar-refractivity contribution in [3.8, 4) is 0 Å². The largest absolute Gasteiger partial charge is 0.480 e. The summed E-state index contributed by atoms with van der Waals surface area (Å²) in [6, 6.07) is -0.927. The SMILES string of the molecule is Cc1c(C(=O)N[C@@H](C(=O)O)C(C)C)nnn1C. The minimum atomic E-state index is -1.06. The first-order valence-corrected chi connectivity index (χ1v) is 5.24. The molecule has 0 saturated heterocycles. The lowest BCUT2D eigenvalue weighted by Crippen LogP contribution is -2.44. The van der Waals surface area contributed by atoms with Crippen LogP contribution in [0.15, 0.2) is 0 Å². The number of carbonyl (C=O) groups excluding carboxylic acids is 1. The summed E-state index contributed by atoms with van der Waals surface area (Å²) in [6.07, 6.45) is 0. The Morgan fingerprint density at radius 1 is 1.41 bits per heavy atom. The summed E-state index contributed by atoms with van der Waals surface area (Å²) < 4.78 is 1.46. The summed E-state index contributed by atoms with van der Waals surface area (Å²) in [7, 11) is 1.66. The molecule has 1 aromatic rings. The van der Waals surface area contributed by atoms with E-state index in [9.17, 15) is 9.59 Å². The van der Waals surface area contributed by atoms with Gasteiger partial charge in [0.15, 0.2) is 5.69 Å². The number of carboxylic acids is 1. The highest BCUT2D eigenvalue weighted by atomic mass is 16.4.